The number of carbonyl (C=O) groups excluding carboxylic acids is 1. The molecule has 0 radical (unpaired) electrons. The molecule has 3 nitrogen and oxygen atoms in total. The zero-order valence-electron chi connectivity index (χ0n) is 11.9. The first-order chi connectivity index (χ1) is 10.0. The van der Waals surface area contributed by atoms with Crippen molar-refractivity contribution in [3.8, 4) is 6.07 Å². The summed E-state index contributed by atoms with van der Waals surface area (Å²) < 4.78 is 14.0. The molecule has 2 aromatic carbocycles. The van der Waals surface area contributed by atoms with Gasteiger partial charge in [0.1, 0.15) is 5.82 Å². The van der Waals surface area contributed by atoms with E-state index in [9.17, 15) is 9.18 Å². The molecule has 0 saturated heterocycles. The Morgan fingerprint density at radius 1 is 1.24 bits per heavy atom. The number of carbonyl (C=O) groups is 1. The highest BCUT2D eigenvalue weighted by molar-refractivity contribution is 5.94. The Bertz CT molecular complexity index is 702. The highest BCUT2D eigenvalue weighted by Gasteiger charge is 2.17. The van der Waals surface area contributed by atoms with Crippen LogP contribution in [0.1, 0.15) is 27.0 Å². The van der Waals surface area contributed by atoms with E-state index in [0.717, 1.165) is 5.56 Å². The lowest BCUT2D eigenvalue weighted by Gasteiger charge is -2.18. The molecule has 0 aliphatic carbocycles. The first kappa shape index (κ1) is 14.7. The Morgan fingerprint density at radius 3 is 2.52 bits per heavy atom. The highest BCUT2D eigenvalue weighted by Crippen LogP contribution is 2.15. The highest BCUT2D eigenvalue weighted by atomic mass is 19.1. The quantitative estimate of drug-likeness (QED) is 0.867. The van der Waals surface area contributed by atoms with E-state index < -0.39 is 5.82 Å². The van der Waals surface area contributed by atoms with Gasteiger partial charge in [-0.05, 0) is 36.2 Å². The third-order valence-electron chi connectivity index (χ3n) is 3.27. The molecule has 0 bridgehead atoms. The summed E-state index contributed by atoms with van der Waals surface area (Å²) in [5.41, 5.74) is 1.98. The van der Waals surface area contributed by atoms with Crippen molar-refractivity contribution in [2.45, 2.75) is 13.5 Å². The summed E-state index contributed by atoms with van der Waals surface area (Å²) in [6.45, 7) is 1.99. The fraction of sp³-hybridized carbons (Fsp3) is 0.176. The summed E-state index contributed by atoms with van der Waals surface area (Å²) >= 11 is 0. The molecule has 0 heterocycles. The number of benzene rings is 2. The summed E-state index contributed by atoms with van der Waals surface area (Å²) in [6.07, 6.45) is 0. The number of hydrogen-bond donors (Lipinski definition) is 0. The summed E-state index contributed by atoms with van der Waals surface area (Å²) in [7, 11) is 1.63. The maximum Gasteiger partial charge on any atom is 0.256 e. The lowest BCUT2D eigenvalue weighted by Crippen LogP contribution is -2.27. The average Bonchev–Trinajstić information content (AvgIpc) is 2.50. The van der Waals surface area contributed by atoms with Crippen molar-refractivity contribution in [1.29, 1.82) is 5.26 Å². The molecule has 0 aliphatic heterocycles. The van der Waals surface area contributed by atoms with E-state index >= 15 is 0 Å². The van der Waals surface area contributed by atoms with Crippen LogP contribution in [0.5, 0.6) is 0 Å². The van der Waals surface area contributed by atoms with Crippen LogP contribution in [0.15, 0.2) is 42.5 Å². The van der Waals surface area contributed by atoms with Gasteiger partial charge in [-0.3, -0.25) is 4.79 Å². The first-order valence-electron chi connectivity index (χ1n) is 6.52. The monoisotopic (exact) mass is 282 g/mol. The molecule has 106 valence electrons. The van der Waals surface area contributed by atoms with Gasteiger partial charge in [0.05, 0.1) is 17.2 Å². The summed E-state index contributed by atoms with van der Waals surface area (Å²) in [5.74, 6) is -0.838. The number of hydrogen-bond acceptors (Lipinski definition) is 2. The van der Waals surface area contributed by atoms with Crippen LogP contribution in [-0.2, 0) is 6.54 Å². The Balaban J connectivity index is 2.15. The maximum absolute atomic E-state index is 14.0. The van der Waals surface area contributed by atoms with E-state index in [1.807, 2.05) is 6.07 Å². The van der Waals surface area contributed by atoms with Crippen LogP contribution < -0.4 is 0 Å². The molecule has 0 saturated carbocycles. The molecular weight excluding hydrogens is 267 g/mol. The second-order valence-corrected chi connectivity index (χ2v) is 4.91. The number of amides is 1. The lowest BCUT2D eigenvalue weighted by molar-refractivity contribution is 0.0780. The summed E-state index contributed by atoms with van der Waals surface area (Å²) in [6, 6.07) is 13.8. The van der Waals surface area contributed by atoms with Gasteiger partial charge in [0.2, 0.25) is 0 Å². The number of aryl methyl sites for hydroxylation is 1. The standard InChI is InChI=1S/C17H15FN2O/c1-12-4-3-5-15(16(12)18)17(21)20(2)11-14-8-6-13(10-19)7-9-14/h3-9H,11H2,1-2H3. The summed E-state index contributed by atoms with van der Waals surface area (Å²) in [4.78, 5) is 13.7. The third-order valence-corrected chi connectivity index (χ3v) is 3.27. The van der Waals surface area contributed by atoms with Crippen molar-refractivity contribution in [2.75, 3.05) is 7.05 Å². The SMILES string of the molecule is Cc1cccc(C(=O)N(C)Cc2ccc(C#N)cc2)c1F. The number of halogens is 1. The van der Waals surface area contributed by atoms with Crippen LogP contribution in [0.25, 0.3) is 0 Å². The van der Waals surface area contributed by atoms with Gasteiger partial charge in [0, 0.05) is 13.6 Å². The molecule has 0 fully saturated rings. The summed E-state index contributed by atoms with van der Waals surface area (Å²) in [5, 5.41) is 8.75. The average molecular weight is 282 g/mol. The van der Waals surface area contributed by atoms with E-state index in [1.54, 1.807) is 50.4 Å². The van der Waals surface area contributed by atoms with Crippen LogP contribution in [0.3, 0.4) is 0 Å². The molecule has 2 rings (SSSR count). The minimum atomic E-state index is -0.478. The van der Waals surface area contributed by atoms with Gasteiger partial charge in [-0.1, -0.05) is 24.3 Å². The van der Waals surface area contributed by atoms with E-state index in [2.05, 4.69) is 0 Å². The van der Waals surface area contributed by atoms with Crippen molar-refractivity contribution < 1.29 is 9.18 Å². The van der Waals surface area contributed by atoms with Crippen LogP contribution in [0, 0.1) is 24.1 Å². The lowest BCUT2D eigenvalue weighted by atomic mass is 10.1. The number of nitrogens with zero attached hydrogens (tertiary/aromatic N) is 2. The maximum atomic E-state index is 14.0. The molecule has 0 aromatic heterocycles. The predicted octanol–water partition coefficient (Wildman–Crippen LogP) is 3.28. The zero-order chi connectivity index (χ0) is 15.4. The van der Waals surface area contributed by atoms with Gasteiger partial charge < -0.3 is 4.90 Å². The van der Waals surface area contributed by atoms with Crippen molar-refractivity contribution in [1.82, 2.24) is 4.90 Å². The van der Waals surface area contributed by atoms with Gasteiger partial charge >= 0.3 is 0 Å². The Morgan fingerprint density at radius 2 is 1.90 bits per heavy atom. The van der Waals surface area contributed by atoms with Gasteiger partial charge in [-0.2, -0.15) is 5.26 Å². The second-order valence-electron chi connectivity index (χ2n) is 4.91. The van der Waals surface area contributed by atoms with Gasteiger partial charge in [0.15, 0.2) is 0 Å². The Hall–Kier alpha value is -2.67. The topological polar surface area (TPSA) is 44.1 Å². The van der Waals surface area contributed by atoms with Crippen molar-refractivity contribution in [3.63, 3.8) is 0 Å². The molecule has 0 atom stereocenters. The van der Waals surface area contributed by atoms with E-state index in [0.29, 0.717) is 17.7 Å². The number of rotatable bonds is 3. The molecule has 0 spiro atoms. The minimum absolute atomic E-state index is 0.0751. The Kier molecular flexibility index (Phi) is 4.34. The minimum Gasteiger partial charge on any atom is -0.337 e. The van der Waals surface area contributed by atoms with Crippen LogP contribution in [0.2, 0.25) is 0 Å². The van der Waals surface area contributed by atoms with Crippen molar-refractivity contribution in [3.05, 3.63) is 70.5 Å². The fourth-order valence-corrected chi connectivity index (χ4v) is 2.05. The van der Waals surface area contributed by atoms with Crippen molar-refractivity contribution in [2.24, 2.45) is 0 Å². The Labute approximate surface area is 123 Å². The van der Waals surface area contributed by atoms with E-state index in [4.69, 9.17) is 5.26 Å². The van der Waals surface area contributed by atoms with Crippen LogP contribution in [0.4, 0.5) is 4.39 Å². The van der Waals surface area contributed by atoms with E-state index in [1.165, 1.54) is 11.0 Å². The fourth-order valence-electron chi connectivity index (χ4n) is 2.05. The van der Waals surface area contributed by atoms with Gasteiger partial charge in [-0.25, -0.2) is 4.39 Å². The molecule has 0 unspecified atom stereocenters. The molecule has 2 aromatic rings. The van der Waals surface area contributed by atoms with E-state index in [-0.39, 0.29) is 11.5 Å². The number of nitriles is 1. The van der Waals surface area contributed by atoms with Crippen LogP contribution in [-0.4, -0.2) is 17.9 Å². The molecular formula is C17H15FN2O. The normalized spacial score (nSPS) is 10.0. The smallest absolute Gasteiger partial charge is 0.256 e. The molecule has 0 N–H and O–H groups in total. The largest absolute Gasteiger partial charge is 0.337 e. The van der Waals surface area contributed by atoms with Crippen LogP contribution >= 0.6 is 0 Å². The molecule has 0 aliphatic rings. The first-order valence-corrected chi connectivity index (χ1v) is 6.52. The second kappa shape index (κ2) is 6.19. The van der Waals surface area contributed by atoms with Crippen molar-refractivity contribution >= 4 is 5.91 Å². The third kappa shape index (κ3) is 3.26. The predicted molar refractivity (Wildman–Crippen MR) is 78.1 cm³/mol. The zero-order valence-corrected chi connectivity index (χ0v) is 11.9. The van der Waals surface area contributed by atoms with Gasteiger partial charge in [0.25, 0.3) is 5.91 Å². The molecule has 4 heteroatoms. The molecule has 21 heavy (non-hydrogen) atoms. The molecule has 1 amide bonds. The van der Waals surface area contributed by atoms with Gasteiger partial charge in [-0.15, -0.1) is 0 Å².